The first kappa shape index (κ1) is 29.3. The van der Waals surface area contributed by atoms with Gasteiger partial charge >= 0.3 is 0 Å². The van der Waals surface area contributed by atoms with Gasteiger partial charge in [0.25, 0.3) is 0 Å². The van der Waals surface area contributed by atoms with Crippen LogP contribution in [-0.2, 0) is 11.5 Å². The van der Waals surface area contributed by atoms with E-state index in [9.17, 15) is 5.11 Å². The minimum Gasteiger partial charge on any atom is -0.508 e. The lowest BCUT2D eigenvalue weighted by Gasteiger charge is -2.02. The van der Waals surface area contributed by atoms with Gasteiger partial charge in [-0.1, -0.05) is 92.9 Å². The van der Waals surface area contributed by atoms with Crippen LogP contribution in [0.1, 0.15) is 43.9 Å². The zero-order valence-electron chi connectivity index (χ0n) is 20.7. The molecule has 0 aliphatic rings. The highest BCUT2D eigenvalue weighted by Crippen LogP contribution is 2.13. The van der Waals surface area contributed by atoms with E-state index < -0.39 is 0 Å². The van der Waals surface area contributed by atoms with Gasteiger partial charge in [-0.3, -0.25) is 0 Å². The molecule has 0 unspecified atom stereocenters. The summed E-state index contributed by atoms with van der Waals surface area (Å²) in [5.41, 5.74) is 2.09. The number of aromatic hydroxyl groups is 1. The van der Waals surface area contributed by atoms with E-state index >= 15 is 0 Å². The zero-order chi connectivity index (χ0) is 25.4. The van der Waals surface area contributed by atoms with Gasteiger partial charge in [0.2, 0.25) is 0 Å². The molecule has 1 heterocycles. The van der Waals surface area contributed by atoms with Crippen molar-refractivity contribution in [2.45, 2.75) is 39.0 Å². The molecule has 4 aromatic rings. The van der Waals surface area contributed by atoms with Crippen LogP contribution in [0.4, 0.5) is 0 Å². The summed E-state index contributed by atoms with van der Waals surface area (Å²) in [6, 6.07) is 30.5. The highest BCUT2D eigenvalue weighted by Gasteiger charge is 1.98. The molecule has 35 heavy (non-hydrogen) atoms. The molecule has 185 valence electrons. The standard InChI is InChI=1S/C11H11N3O.C6H6O.C6H13O.C6H6/c1-15-11-4-2-9(3-5-11)8-10-6-7-12-14-13-10;7-6-4-2-1-3-5-6;1-2-3-4-5-6-7;1-2-4-6-5-3-1/h2-7H,8H2,1H3;1-5,7H;2-6H2,1H3;1-6H. The molecule has 0 spiro atoms. The van der Waals surface area contributed by atoms with Crippen LogP contribution in [0.25, 0.3) is 0 Å². The first-order valence-electron chi connectivity index (χ1n) is 11.8. The Bertz CT molecular complexity index is 924. The molecular formula is C29H36N3O3. The van der Waals surface area contributed by atoms with E-state index in [1.807, 2.05) is 72.8 Å². The van der Waals surface area contributed by atoms with Crippen molar-refractivity contribution < 1.29 is 14.9 Å². The normalized spacial score (nSPS) is 9.23. The van der Waals surface area contributed by atoms with Crippen molar-refractivity contribution in [2.75, 3.05) is 13.7 Å². The van der Waals surface area contributed by atoms with Gasteiger partial charge in [0, 0.05) is 6.42 Å². The Balaban J connectivity index is 0.000000257. The highest BCUT2D eigenvalue weighted by atomic mass is 16.5. The maximum absolute atomic E-state index is 9.80. The summed E-state index contributed by atoms with van der Waals surface area (Å²) in [5.74, 6) is 1.18. The van der Waals surface area contributed by atoms with Gasteiger partial charge in [0.1, 0.15) is 11.5 Å². The number of unbranched alkanes of at least 4 members (excludes halogenated alkanes) is 3. The van der Waals surface area contributed by atoms with Gasteiger partial charge in [0.15, 0.2) is 0 Å². The summed E-state index contributed by atoms with van der Waals surface area (Å²) in [7, 11) is 1.66. The number of para-hydroxylation sites is 1. The monoisotopic (exact) mass is 474 g/mol. The molecule has 4 rings (SSSR count). The van der Waals surface area contributed by atoms with E-state index in [4.69, 9.17) is 9.84 Å². The van der Waals surface area contributed by atoms with Crippen LogP contribution >= 0.6 is 0 Å². The first-order valence-corrected chi connectivity index (χ1v) is 11.8. The van der Waals surface area contributed by atoms with E-state index in [-0.39, 0.29) is 6.61 Å². The van der Waals surface area contributed by atoms with E-state index in [1.54, 1.807) is 37.6 Å². The van der Waals surface area contributed by atoms with Gasteiger partial charge < -0.3 is 9.84 Å². The molecule has 1 N–H and O–H groups in total. The summed E-state index contributed by atoms with van der Waals surface area (Å²) >= 11 is 0. The number of hydrogen-bond acceptors (Lipinski definition) is 5. The van der Waals surface area contributed by atoms with E-state index in [2.05, 4.69) is 22.3 Å². The topological polar surface area (TPSA) is 88.0 Å². The number of phenols is 1. The average Bonchev–Trinajstić information content (AvgIpc) is 2.93. The summed E-state index contributed by atoms with van der Waals surface area (Å²) in [6.45, 7) is 2.25. The van der Waals surface area contributed by atoms with Crippen LogP contribution in [0.2, 0.25) is 0 Å². The van der Waals surface area contributed by atoms with Crippen LogP contribution in [0.5, 0.6) is 11.5 Å². The van der Waals surface area contributed by atoms with Crippen LogP contribution in [0.15, 0.2) is 103 Å². The first-order chi connectivity index (χ1) is 17.2. The lowest BCUT2D eigenvalue weighted by Crippen LogP contribution is -1.95. The van der Waals surface area contributed by atoms with Crippen molar-refractivity contribution in [3.63, 3.8) is 0 Å². The third-order valence-corrected chi connectivity index (χ3v) is 4.52. The molecule has 0 atom stereocenters. The maximum atomic E-state index is 9.80. The minimum atomic E-state index is 0.111. The van der Waals surface area contributed by atoms with Crippen molar-refractivity contribution in [3.05, 3.63) is 115 Å². The molecule has 0 fully saturated rings. The predicted molar refractivity (Wildman–Crippen MR) is 140 cm³/mol. The lowest BCUT2D eigenvalue weighted by molar-refractivity contribution is 0.186. The van der Waals surface area contributed by atoms with E-state index in [0.717, 1.165) is 30.7 Å². The van der Waals surface area contributed by atoms with Gasteiger partial charge in [-0.2, -0.15) is 0 Å². The summed E-state index contributed by atoms with van der Waals surface area (Å²) in [6.07, 6.45) is 6.85. The Hall–Kier alpha value is -3.77. The van der Waals surface area contributed by atoms with Gasteiger partial charge in [-0.05, 0) is 47.5 Å². The fourth-order valence-corrected chi connectivity index (χ4v) is 2.65. The van der Waals surface area contributed by atoms with E-state index in [0.29, 0.717) is 5.75 Å². The van der Waals surface area contributed by atoms with Crippen molar-refractivity contribution in [1.29, 1.82) is 0 Å². The summed E-state index contributed by atoms with van der Waals surface area (Å²) in [4.78, 5) is 0. The molecule has 0 amide bonds. The number of rotatable bonds is 7. The predicted octanol–water partition coefficient (Wildman–Crippen LogP) is 6.55. The highest BCUT2D eigenvalue weighted by molar-refractivity contribution is 5.29. The maximum Gasteiger partial charge on any atom is 0.118 e. The van der Waals surface area contributed by atoms with Crippen molar-refractivity contribution in [2.24, 2.45) is 0 Å². The van der Waals surface area contributed by atoms with Gasteiger partial charge in [-0.25, -0.2) is 5.11 Å². The third kappa shape index (κ3) is 16.5. The molecule has 3 aromatic carbocycles. The molecular weight excluding hydrogens is 438 g/mol. The van der Waals surface area contributed by atoms with E-state index in [1.165, 1.54) is 18.4 Å². The van der Waals surface area contributed by atoms with Crippen molar-refractivity contribution in [3.8, 4) is 11.5 Å². The van der Waals surface area contributed by atoms with Crippen LogP contribution < -0.4 is 4.74 Å². The largest absolute Gasteiger partial charge is 0.508 e. The number of ether oxygens (including phenoxy) is 1. The Morgan fingerprint density at radius 3 is 1.80 bits per heavy atom. The molecule has 0 aliphatic carbocycles. The average molecular weight is 475 g/mol. The number of methoxy groups -OCH3 is 1. The molecule has 6 nitrogen and oxygen atoms in total. The molecule has 0 aliphatic heterocycles. The Kier molecular flexibility index (Phi) is 17.4. The molecule has 0 bridgehead atoms. The molecule has 0 saturated carbocycles. The molecule has 1 radical (unpaired) electrons. The number of hydrogen-bond donors (Lipinski definition) is 1. The number of phenolic OH excluding ortho intramolecular Hbond substituents is 1. The summed E-state index contributed by atoms with van der Waals surface area (Å²) < 4.78 is 5.08. The molecule has 0 saturated heterocycles. The Morgan fingerprint density at radius 1 is 0.771 bits per heavy atom. The quantitative estimate of drug-likeness (QED) is 0.307. The summed E-state index contributed by atoms with van der Waals surface area (Å²) in [5, 5.41) is 29.6. The van der Waals surface area contributed by atoms with Crippen LogP contribution in [0.3, 0.4) is 0 Å². The fraction of sp³-hybridized carbons (Fsp3) is 0.276. The molecule has 1 aromatic heterocycles. The van der Waals surface area contributed by atoms with Crippen LogP contribution in [0, 0.1) is 0 Å². The number of aromatic nitrogens is 3. The van der Waals surface area contributed by atoms with Gasteiger partial charge in [0.05, 0.1) is 25.6 Å². The third-order valence-electron chi connectivity index (χ3n) is 4.52. The minimum absolute atomic E-state index is 0.111. The Morgan fingerprint density at radius 2 is 1.37 bits per heavy atom. The second-order valence-corrected chi connectivity index (χ2v) is 7.39. The second-order valence-electron chi connectivity index (χ2n) is 7.39. The number of benzene rings is 3. The number of nitrogens with zero attached hydrogens (tertiary/aromatic N) is 3. The van der Waals surface area contributed by atoms with Crippen molar-refractivity contribution in [1.82, 2.24) is 15.4 Å². The lowest BCUT2D eigenvalue weighted by atomic mass is 10.1. The van der Waals surface area contributed by atoms with Gasteiger partial charge in [-0.15, -0.1) is 10.2 Å². The molecule has 6 heteroatoms. The van der Waals surface area contributed by atoms with Crippen molar-refractivity contribution >= 4 is 0 Å². The SMILES string of the molecule is CCCCCC[O].COc1ccc(Cc2ccnnn2)cc1.Oc1ccccc1.c1ccccc1. The Labute approximate surface area is 209 Å². The fourth-order valence-electron chi connectivity index (χ4n) is 2.65. The van der Waals surface area contributed by atoms with Crippen LogP contribution in [-0.4, -0.2) is 34.2 Å². The smallest absolute Gasteiger partial charge is 0.118 e. The zero-order valence-corrected chi connectivity index (χ0v) is 20.7. The second kappa shape index (κ2) is 20.8.